The average molecular weight is 263 g/mol. The Morgan fingerprint density at radius 2 is 2.00 bits per heavy atom. The Morgan fingerprint density at radius 3 is 2.53 bits per heavy atom. The van der Waals surface area contributed by atoms with Crippen molar-refractivity contribution in [2.24, 2.45) is 5.73 Å². The first-order chi connectivity index (χ1) is 9.21. The van der Waals surface area contributed by atoms with Gasteiger partial charge in [0.1, 0.15) is 5.54 Å². The first kappa shape index (κ1) is 14.0. The summed E-state index contributed by atoms with van der Waals surface area (Å²) in [5, 5.41) is 3.28. The maximum absolute atomic E-state index is 12.2. The van der Waals surface area contributed by atoms with Gasteiger partial charge in [0.15, 0.2) is 0 Å². The molecule has 5 nitrogen and oxygen atoms in total. The molecule has 1 aromatic rings. The van der Waals surface area contributed by atoms with Crippen LogP contribution in [-0.4, -0.2) is 50.7 Å². The average Bonchev–Trinajstić information content (AvgIpc) is 2.46. The lowest BCUT2D eigenvalue weighted by Gasteiger charge is -2.43. The van der Waals surface area contributed by atoms with E-state index in [-0.39, 0.29) is 12.5 Å². The highest BCUT2D eigenvalue weighted by Gasteiger charge is 2.44. The van der Waals surface area contributed by atoms with Gasteiger partial charge in [-0.15, -0.1) is 0 Å². The quantitative estimate of drug-likeness (QED) is 0.779. The summed E-state index contributed by atoms with van der Waals surface area (Å²) in [6.07, 6.45) is 0. The summed E-state index contributed by atoms with van der Waals surface area (Å²) in [5.41, 5.74) is 5.76. The van der Waals surface area contributed by atoms with E-state index in [2.05, 4.69) is 10.2 Å². The van der Waals surface area contributed by atoms with Crippen molar-refractivity contribution in [2.45, 2.75) is 5.54 Å². The van der Waals surface area contributed by atoms with Crippen molar-refractivity contribution in [3.63, 3.8) is 0 Å². The van der Waals surface area contributed by atoms with Crippen LogP contribution in [0.3, 0.4) is 0 Å². The number of piperazine rings is 1. The molecule has 19 heavy (non-hydrogen) atoms. The second kappa shape index (κ2) is 6.14. The molecule has 1 atom stereocenters. The topological polar surface area (TPSA) is 67.6 Å². The van der Waals surface area contributed by atoms with Crippen LogP contribution in [0.15, 0.2) is 30.3 Å². The third-order valence-corrected chi connectivity index (χ3v) is 3.67. The molecule has 1 fully saturated rings. The van der Waals surface area contributed by atoms with E-state index >= 15 is 0 Å². The van der Waals surface area contributed by atoms with Gasteiger partial charge in [-0.1, -0.05) is 30.3 Å². The number of nitrogens with one attached hydrogen (secondary N) is 1. The third-order valence-electron chi connectivity index (χ3n) is 3.67. The van der Waals surface area contributed by atoms with Gasteiger partial charge in [-0.05, 0) is 5.56 Å². The third kappa shape index (κ3) is 2.63. The van der Waals surface area contributed by atoms with Gasteiger partial charge in [-0.2, -0.15) is 0 Å². The Morgan fingerprint density at radius 1 is 1.37 bits per heavy atom. The summed E-state index contributed by atoms with van der Waals surface area (Å²) in [4.78, 5) is 14.3. The van der Waals surface area contributed by atoms with Crippen molar-refractivity contribution in [2.75, 3.05) is 39.9 Å². The van der Waals surface area contributed by atoms with Crippen LogP contribution in [-0.2, 0) is 15.1 Å². The van der Waals surface area contributed by atoms with E-state index in [0.29, 0.717) is 0 Å². The molecule has 1 saturated heterocycles. The molecular weight excluding hydrogens is 242 g/mol. The van der Waals surface area contributed by atoms with E-state index in [0.717, 1.165) is 31.7 Å². The van der Waals surface area contributed by atoms with Crippen molar-refractivity contribution in [1.29, 1.82) is 0 Å². The number of primary amides is 1. The van der Waals surface area contributed by atoms with E-state index in [4.69, 9.17) is 10.5 Å². The first-order valence-electron chi connectivity index (χ1n) is 6.52. The minimum absolute atomic E-state index is 0.270. The SMILES string of the molecule is COCC(C(N)=O)(c1ccccc1)N1CCNCC1. The van der Waals surface area contributed by atoms with Gasteiger partial charge in [-0.25, -0.2) is 0 Å². The summed E-state index contributed by atoms with van der Waals surface area (Å²) >= 11 is 0. The molecule has 1 aromatic carbocycles. The van der Waals surface area contributed by atoms with E-state index in [1.165, 1.54) is 0 Å². The molecule has 1 unspecified atom stereocenters. The zero-order chi connectivity index (χ0) is 13.7. The van der Waals surface area contributed by atoms with Crippen molar-refractivity contribution >= 4 is 5.91 Å². The van der Waals surface area contributed by atoms with Gasteiger partial charge in [0.25, 0.3) is 0 Å². The molecule has 0 radical (unpaired) electrons. The van der Waals surface area contributed by atoms with Crippen molar-refractivity contribution in [1.82, 2.24) is 10.2 Å². The van der Waals surface area contributed by atoms with Crippen LogP contribution in [0.1, 0.15) is 5.56 Å². The Balaban J connectivity index is 2.43. The second-order valence-corrected chi connectivity index (χ2v) is 4.76. The highest BCUT2D eigenvalue weighted by Crippen LogP contribution is 2.29. The van der Waals surface area contributed by atoms with Crippen molar-refractivity contribution in [3.8, 4) is 0 Å². The van der Waals surface area contributed by atoms with Crippen LogP contribution in [0.2, 0.25) is 0 Å². The minimum Gasteiger partial charge on any atom is -0.382 e. The van der Waals surface area contributed by atoms with Gasteiger partial charge in [-0.3, -0.25) is 9.69 Å². The number of ether oxygens (including phenoxy) is 1. The van der Waals surface area contributed by atoms with Crippen molar-refractivity contribution < 1.29 is 9.53 Å². The lowest BCUT2D eigenvalue weighted by Crippen LogP contribution is -2.62. The Kier molecular flexibility index (Phi) is 4.52. The highest BCUT2D eigenvalue weighted by molar-refractivity contribution is 5.86. The number of carbonyl (C=O) groups excluding carboxylic acids is 1. The molecule has 0 saturated carbocycles. The van der Waals surface area contributed by atoms with Crippen LogP contribution in [0.5, 0.6) is 0 Å². The number of hydrogen-bond acceptors (Lipinski definition) is 4. The molecule has 0 aromatic heterocycles. The number of nitrogens with zero attached hydrogens (tertiary/aromatic N) is 1. The fraction of sp³-hybridized carbons (Fsp3) is 0.500. The fourth-order valence-corrected chi connectivity index (χ4v) is 2.70. The molecule has 0 spiro atoms. The Labute approximate surface area is 113 Å². The minimum atomic E-state index is -0.877. The zero-order valence-corrected chi connectivity index (χ0v) is 11.3. The van der Waals surface area contributed by atoms with Crippen molar-refractivity contribution in [3.05, 3.63) is 35.9 Å². The molecule has 0 bridgehead atoms. The first-order valence-corrected chi connectivity index (χ1v) is 6.52. The molecule has 2 rings (SSSR count). The number of amides is 1. The molecule has 104 valence electrons. The molecule has 0 aliphatic carbocycles. The number of carbonyl (C=O) groups is 1. The molecule has 5 heteroatoms. The number of benzene rings is 1. The van der Waals surface area contributed by atoms with Crippen LogP contribution in [0.4, 0.5) is 0 Å². The highest BCUT2D eigenvalue weighted by atomic mass is 16.5. The summed E-state index contributed by atoms with van der Waals surface area (Å²) in [6, 6.07) is 9.65. The molecule has 1 aliphatic rings. The number of hydrogen-bond donors (Lipinski definition) is 2. The van der Waals surface area contributed by atoms with E-state index in [1.54, 1.807) is 7.11 Å². The predicted octanol–water partition coefficient (Wildman–Crippen LogP) is -0.0812. The van der Waals surface area contributed by atoms with Gasteiger partial charge in [0.2, 0.25) is 5.91 Å². The van der Waals surface area contributed by atoms with E-state index < -0.39 is 5.54 Å². The maximum Gasteiger partial charge on any atom is 0.244 e. The number of methoxy groups -OCH3 is 1. The largest absolute Gasteiger partial charge is 0.382 e. The molecule has 3 N–H and O–H groups in total. The summed E-state index contributed by atoms with van der Waals surface area (Å²) < 4.78 is 5.31. The monoisotopic (exact) mass is 263 g/mol. The fourth-order valence-electron chi connectivity index (χ4n) is 2.70. The normalized spacial score (nSPS) is 19.8. The number of rotatable bonds is 5. The summed E-state index contributed by atoms with van der Waals surface area (Å²) in [5.74, 6) is -0.359. The lowest BCUT2D eigenvalue weighted by atomic mass is 9.87. The van der Waals surface area contributed by atoms with Crippen LogP contribution in [0, 0.1) is 0 Å². The Bertz CT molecular complexity index is 418. The number of nitrogens with two attached hydrogens (primary N) is 1. The Hall–Kier alpha value is -1.43. The van der Waals surface area contributed by atoms with Crippen LogP contribution in [0.25, 0.3) is 0 Å². The zero-order valence-electron chi connectivity index (χ0n) is 11.3. The van der Waals surface area contributed by atoms with Crippen LogP contribution < -0.4 is 11.1 Å². The van der Waals surface area contributed by atoms with Gasteiger partial charge in [0.05, 0.1) is 6.61 Å². The standard InChI is InChI=1S/C14H21N3O2/c1-19-11-14(13(15)18,12-5-3-2-4-6-12)17-9-7-16-8-10-17/h2-6,16H,7-11H2,1H3,(H2,15,18). The van der Waals surface area contributed by atoms with Crippen LogP contribution >= 0.6 is 0 Å². The molecule has 1 heterocycles. The smallest absolute Gasteiger partial charge is 0.244 e. The lowest BCUT2D eigenvalue weighted by molar-refractivity contribution is -0.136. The van der Waals surface area contributed by atoms with Gasteiger partial charge < -0.3 is 15.8 Å². The predicted molar refractivity (Wildman–Crippen MR) is 73.6 cm³/mol. The summed E-state index contributed by atoms with van der Waals surface area (Å²) in [6.45, 7) is 3.53. The summed E-state index contributed by atoms with van der Waals surface area (Å²) in [7, 11) is 1.60. The maximum atomic E-state index is 12.2. The van der Waals surface area contributed by atoms with Gasteiger partial charge in [0, 0.05) is 33.3 Å². The van der Waals surface area contributed by atoms with E-state index in [9.17, 15) is 4.79 Å². The van der Waals surface area contributed by atoms with Gasteiger partial charge >= 0.3 is 0 Å². The molecular formula is C14H21N3O2. The van der Waals surface area contributed by atoms with E-state index in [1.807, 2.05) is 30.3 Å². The molecule has 1 aliphatic heterocycles. The second-order valence-electron chi connectivity index (χ2n) is 4.76. The molecule has 1 amide bonds.